The third-order valence-electron chi connectivity index (χ3n) is 3.81. The molecule has 7 heteroatoms. The summed E-state index contributed by atoms with van der Waals surface area (Å²) < 4.78 is 5.24. The van der Waals surface area contributed by atoms with Crippen molar-refractivity contribution in [3.8, 4) is 0 Å². The number of nitro groups is 1. The van der Waals surface area contributed by atoms with Crippen LogP contribution in [0.3, 0.4) is 0 Å². The van der Waals surface area contributed by atoms with Crippen molar-refractivity contribution in [1.82, 2.24) is 5.32 Å². The van der Waals surface area contributed by atoms with E-state index in [-0.39, 0.29) is 17.9 Å². The normalized spacial score (nSPS) is 17.2. The van der Waals surface area contributed by atoms with Crippen molar-refractivity contribution < 1.29 is 19.6 Å². The lowest BCUT2D eigenvalue weighted by atomic mass is 9.90. The summed E-state index contributed by atoms with van der Waals surface area (Å²) in [5.41, 5.74) is 0.0596. The van der Waals surface area contributed by atoms with Crippen LogP contribution in [0.15, 0.2) is 18.2 Å². The number of ether oxygens (including phenoxy) is 1. The van der Waals surface area contributed by atoms with Gasteiger partial charge in [-0.25, -0.2) is 0 Å². The van der Waals surface area contributed by atoms with Crippen LogP contribution in [-0.2, 0) is 4.74 Å². The number of aliphatic hydroxyl groups is 1. The van der Waals surface area contributed by atoms with Crippen LogP contribution in [0.1, 0.15) is 28.8 Å². The van der Waals surface area contributed by atoms with Gasteiger partial charge >= 0.3 is 0 Å². The standard InChI is InChI=1S/C14H18N2O5/c1-10-2-3-11(16(19)20)8-12(10)13(18)15-14(9-17)4-6-21-7-5-14/h2-3,8,17H,4-7,9H2,1H3,(H,15,18). The summed E-state index contributed by atoms with van der Waals surface area (Å²) in [5, 5.41) is 23.2. The first kappa shape index (κ1) is 15.4. The molecule has 2 N–H and O–H groups in total. The molecule has 1 amide bonds. The molecule has 1 aliphatic heterocycles. The molecule has 0 radical (unpaired) electrons. The van der Waals surface area contributed by atoms with E-state index in [2.05, 4.69) is 5.32 Å². The average molecular weight is 294 g/mol. The maximum Gasteiger partial charge on any atom is 0.270 e. The third kappa shape index (κ3) is 3.37. The Morgan fingerprint density at radius 1 is 1.48 bits per heavy atom. The van der Waals surface area contributed by atoms with Crippen LogP contribution >= 0.6 is 0 Å². The summed E-state index contributed by atoms with van der Waals surface area (Å²) in [6.07, 6.45) is 1.03. The molecular formula is C14H18N2O5. The molecule has 1 aromatic rings. The molecule has 0 unspecified atom stereocenters. The summed E-state index contributed by atoms with van der Waals surface area (Å²) in [4.78, 5) is 22.7. The number of nitro benzene ring substituents is 1. The van der Waals surface area contributed by atoms with Gasteiger partial charge in [0.15, 0.2) is 0 Å². The molecule has 1 aliphatic rings. The highest BCUT2D eigenvalue weighted by Gasteiger charge is 2.34. The number of aliphatic hydroxyl groups excluding tert-OH is 1. The first-order chi connectivity index (χ1) is 9.97. The zero-order chi connectivity index (χ0) is 15.5. The fourth-order valence-corrected chi connectivity index (χ4v) is 2.36. The molecule has 114 valence electrons. The Balaban J connectivity index is 2.23. The van der Waals surface area contributed by atoms with Crippen LogP contribution in [0, 0.1) is 17.0 Å². The Labute approximate surface area is 122 Å². The molecule has 0 aliphatic carbocycles. The quantitative estimate of drug-likeness (QED) is 0.641. The summed E-state index contributed by atoms with van der Waals surface area (Å²) in [6, 6.07) is 4.17. The van der Waals surface area contributed by atoms with Gasteiger partial charge < -0.3 is 15.2 Å². The number of benzene rings is 1. The van der Waals surface area contributed by atoms with Crippen LogP contribution in [-0.4, -0.2) is 41.3 Å². The van der Waals surface area contributed by atoms with Crippen molar-refractivity contribution in [2.75, 3.05) is 19.8 Å². The summed E-state index contributed by atoms with van der Waals surface area (Å²) in [6.45, 7) is 2.47. The maximum atomic E-state index is 12.4. The molecule has 1 fully saturated rings. The van der Waals surface area contributed by atoms with Gasteiger partial charge in [-0.1, -0.05) is 6.07 Å². The third-order valence-corrected chi connectivity index (χ3v) is 3.81. The molecule has 0 saturated carbocycles. The van der Waals surface area contributed by atoms with Crippen LogP contribution in [0.2, 0.25) is 0 Å². The number of non-ortho nitro benzene ring substituents is 1. The molecule has 0 atom stereocenters. The molecule has 7 nitrogen and oxygen atoms in total. The van der Waals surface area contributed by atoms with E-state index in [1.54, 1.807) is 13.0 Å². The summed E-state index contributed by atoms with van der Waals surface area (Å²) in [5.74, 6) is -0.410. The van der Waals surface area contributed by atoms with Gasteiger partial charge in [-0.2, -0.15) is 0 Å². The van der Waals surface area contributed by atoms with Crippen molar-refractivity contribution in [3.63, 3.8) is 0 Å². The largest absolute Gasteiger partial charge is 0.394 e. The minimum atomic E-state index is -0.716. The highest BCUT2D eigenvalue weighted by atomic mass is 16.6. The fraction of sp³-hybridized carbons (Fsp3) is 0.500. The lowest BCUT2D eigenvalue weighted by Crippen LogP contribution is -2.54. The first-order valence-corrected chi connectivity index (χ1v) is 6.74. The Bertz CT molecular complexity index is 552. The Kier molecular flexibility index (Phi) is 4.54. The Hall–Kier alpha value is -1.99. The molecule has 1 saturated heterocycles. The lowest BCUT2D eigenvalue weighted by molar-refractivity contribution is -0.384. The number of rotatable bonds is 4. The van der Waals surface area contributed by atoms with Gasteiger partial charge in [0.2, 0.25) is 0 Å². The summed E-state index contributed by atoms with van der Waals surface area (Å²) >= 11 is 0. The number of nitrogens with zero attached hydrogens (tertiary/aromatic N) is 1. The molecular weight excluding hydrogens is 276 g/mol. The number of hydrogen-bond donors (Lipinski definition) is 2. The average Bonchev–Trinajstić information content (AvgIpc) is 2.48. The number of aryl methyl sites for hydroxylation is 1. The second kappa shape index (κ2) is 6.19. The van der Waals surface area contributed by atoms with Crippen LogP contribution in [0.25, 0.3) is 0 Å². The number of hydrogen-bond acceptors (Lipinski definition) is 5. The van der Waals surface area contributed by atoms with Gasteiger partial charge in [0.05, 0.1) is 17.1 Å². The fourth-order valence-electron chi connectivity index (χ4n) is 2.36. The zero-order valence-electron chi connectivity index (χ0n) is 11.8. The number of amides is 1. The SMILES string of the molecule is Cc1ccc([N+](=O)[O-])cc1C(=O)NC1(CO)CCOCC1. The first-order valence-electron chi connectivity index (χ1n) is 6.74. The molecule has 0 spiro atoms. The van der Waals surface area contributed by atoms with Gasteiger partial charge in [0.1, 0.15) is 0 Å². The van der Waals surface area contributed by atoms with E-state index in [0.29, 0.717) is 31.6 Å². The van der Waals surface area contributed by atoms with Gasteiger partial charge in [0, 0.05) is 30.9 Å². The Morgan fingerprint density at radius 2 is 2.14 bits per heavy atom. The smallest absolute Gasteiger partial charge is 0.270 e. The minimum absolute atomic E-state index is 0.129. The number of nitrogens with one attached hydrogen (secondary N) is 1. The van der Waals surface area contributed by atoms with E-state index in [0.717, 1.165) is 0 Å². The summed E-state index contributed by atoms with van der Waals surface area (Å²) in [7, 11) is 0. The van der Waals surface area contributed by atoms with Gasteiger partial charge in [0.25, 0.3) is 11.6 Å². The molecule has 1 aromatic carbocycles. The van der Waals surface area contributed by atoms with Gasteiger partial charge in [-0.3, -0.25) is 14.9 Å². The molecule has 1 heterocycles. The van der Waals surface area contributed by atoms with E-state index in [1.807, 2.05) is 0 Å². The molecule has 0 bridgehead atoms. The highest BCUT2D eigenvalue weighted by molar-refractivity contribution is 5.96. The minimum Gasteiger partial charge on any atom is -0.394 e. The molecule has 2 rings (SSSR count). The van der Waals surface area contributed by atoms with Crippen LogP contribution < -0.4 is 5.32 Å². The van der Waals surface area contributed by atoms with E-state index in [9.17, 15) is 20.0 Å². The van der Waals surface area contributed by atoms with Crippen molar-refractivity contribution >= 4 is 11.6 Å². The zero-order valence-corrected chi connectivity index (χ0v) is 11.8. The highest BCUT2D eigenvalue weighted by Crippen LogP contribution is 2.23. The van der Waals surface area contributed by atoms with Crippen molar-refractivity contribution in [1.29, 1.82) is 0 Å². The van der Waals surface area contributed by atoms with Crippen molar-refractivity contribution in [2.45, 2.75) is 25.3 Å². The van der Waals surface area contributed by atoms with Crippen molar-refractivity contribution in [2.24, 2.45) is 0 Å². The molecule has 0 aromatic heterocycles. The van der Waals surface area contributed by atoms with E-state index >= 15 is 0 Å². The topological polar surface area (TPSA) is 102 Å². The van der Waals surface area contributed by atoms with E-state index in [4.69, 9.17) is 4.74 Å². The lowest BCUT2D eigenvalue weighted by Gasteiger charge is -2.36. The second-order valence-corrected chi connectivity index (χ2v) is 5.26. The van der Waals surface area contributed by atoms with Gasteiger partial charge in [-0.15, -0.1) is 0 Å². The van der Waals surface area contributed by atoms with Crippen LogP contribution in [0.5, 0.6) is 0 Å². The maximum absolute atomic E-state index is 12.4. The Morgan fingerprint density at radius 3 is 2.71 bits per heavy atom. The monoisotopic (exact) mass is 294 g/mol. The van der Waals surface area contributed by atoms with Gasteiger partial charge in [-0.05, 0) is 25.3 Å². The second-order valence-electron chi connectivity index (χ2n) is 5.26. The van der Waals surface area contributed by atoms with Crippen LogP contribution in [0.4, 0.5) is 5.69 Å². The predicted molar refractivity (Wildman–Crippen MR) is 75.2 cm³/mol. The predicted octanol–water partition coefficient (Wildman–Crippen LogP) is 1.17. The van der Waals surface area contributed by atoms with E-state index in [1.165, 1.54) is 12.1 Å². The van der Waals surface area contributed by atoms with E-state index < -0.39 is 16.4 Å². The molecule has 21 heavy (non-hydrogen) atoms. The van der Waals surface area contributed by atoms with Crippen molar-refractivity contribution in [3.05, 3.63) is 39.4 Å². The number of carbonyl (C=O) groups is 1. The number of carbonyl (C=O) groups excluding carboxylic acids is 1.